The lowest BCUT2D eigenvalue weighted by Crippen LogP contribution is -2.25. The van der Waals surface area contributed by atoms with Crippen LogP contribution in [0.15, 0.2) is 0 Å². The van der Waals surface area contributed by atoms with E-state index < -0.39 is 5.97 Å². The number of aliphatic carboxylic acids is 1. The maximum atomic E-state index is 10.2. The van der Waals surface area contributed by atoms with Crippen molar-refractivity contribution in [3.05, 3.63) is 0 Å². The number of rotatable bonds is 8. The number of hydrogen-bond donors (Lipinski definition) is 1. The molecule has 0 fully saturated rings. The van der Waals surface area contributed by atoms with Gasteiger partial charge in [0.1, 0.15) is 0 Å². The van der Waals surface area contributed by atoms with Gasteiger partial charge in [0.2, 0.25) is 0 Å². The van der Waals surface area contributed by atoms with Crippen molar-refractivity contribution in [2.24, 2.45) is 0 Å². The standard InChI is InChI=1S/C10H18N2O2/c1-2-12(9-5-7-11)8-4-3-6-10(13)14/h2-6,8-9H2,1H3,(H,13,14). The van der Waals surface area contributed by atoms with Gasteiger partial charge in [-0.2, -0.15) is 5.26 Å². The van der Waals surface area contributed by atoms with Crippen LogP contribution in [0, 0.1) is 11.3 Å². The summed E-state index contributed by atoms with van der Waals surface area (Å²) in [5.41, 5.74) is 0. The number of carboxylic acids is 1. The summed E-state index contributed by atoms with van der Waals surface area (Å²) in [7, 11) is 0. The summed E-state index contributed by atoms with van der Waals surface area (Å²) in [6.45, 7) is 4.66. The minimum atomic E-state index is -0.731. The summed E-state index contributed by atoms with van der Waals surface area (Å²) in [6, 6.07) is 2.11. The number of hydrogen-bond acceptors (Lipinski definition) is 3. The quantitative estimate of drug-likeness (QED) is 0.600. The van der Waals surface area contributed by atoms with Gasteiger partial charge in [-0.25, -0.2) is 0 Å². The highest BCUT2D eigenvalue weighted by Gasteiger charge is 2.02. The summed E-state index contributed by atoms with van der Waals surface area (Å²) in [4.78, 5) is 12.4. The van der Waals surface area contributed by atoms with Crippen LogP contribution in [0.5, 0.6) is 0 Å². The van der Waals surface area contributed by atoms with Crippen LogP contribution in [0.25, 0.3) is 0 Å². The molecule has 0 aliphatic carbocycles. The van der Waals surface area contributed by atoms with Crippen molar-refractivity contribution in [1.82, 2.24) is 4.90 Å². The number of nitriles is 1. The molecule has 0 aliphatic heterocycles. The minimum Gasteiger partial charge on any atom is -0.481 e. The fourth-order valence-corrected chi connectivity index (χ4v) is 1.25. The molecule has 0 saturated heterocycles. The smallest absolute Gasteiger partial charge is 0.303 e. The molecule has 0 aliphatic rings. The van der Waals surface area contributed by atoms with Crippen molar-refractivity contribution >= 4 is 5.97 Å². The van der Waals surface area contributed by atoms with Gasteiger partial charge in [-0.1, -0.05) is 6.92 Å². The molecule has 0 radical (unpaired) electrons. The fraction of sp³-hybridized carbons (Fsp3) is 0.800. The lowest BCUT2D eigenvalue weighted by atomic mass is 10.2. The van der Waals surface area contributed by atoms with Crippen LogP contribution >= 0.6 is 0 Å². The van der Waals surface area contributed by atoms with Crippen LogP contribution in [0.4, 0.5) is 0 Å². The SMILES string of the molecule is CCN(CCC#N)CCCCC(=O)O. The second-order valence-electron chi connectivity index (χ2n) is 3.19. The molecule has 0 saturated carbocycles. The maximum Gasteiger partial charge on any atom is 0.303 e. The van der Waals surface area contributed by atoms with E-state index in [9.17, 15) is 4.79 Å². The van der Waals surface area contributed by atoms with Gasteiger partial charge in [0.05, 0.1) is 6.07 Å². The van der Waals surface area contributed by atoms with Crippen LogP contribution in [0.1, 0.15) is 32.6 Å². The lowest BCUT2D eigenvalue weighted by Gasteiger charge is -2.18. The topological polar surface area (TPSA) is 64.3 Å². The summed E-state index contributed by atoms with van der Waals surface area (Å²) >= 11 is 0. The predicted molar refractivity (Wildman–Crippen MR) is 53.8 cm³/mol. The molecular formula is C10H18N2O2. The molecule has 80 valence electrons. The third kappa shape index (κ3) is 7.56. The molecule has 0 atom stereocenters. The zero-order valence-corrected chi connectivity index (χ0v) is 8.70. The molecular weight excluding hydrogens is 180 g/mol. The van der Waals surface area contributed by atoms with E-state index in [-0.39, 0.29) is 6.42 Å². The van der Waals surface area contributed by atoms with E-state index >= 15 is 0 Å². The van der Waals surface area contributed by atoms with Gasteiger partial charge in [-0.05, 0) is 25.9 Å². The van der Waals surface area contributed by atoms with Crippen LogP contribution in [-0.2, 0) is 4.79 Å². The van der Waals surface area contributed by atoms with Crippen molar-refractivity contribution in [3.63, 3.8) is 0 Å². The van der Waals surface area contributed by atoms with E-state index in [0.29, 0.717) is 6.42 Å². The Bertz CT molecular complexity index is 199. The lowest BCUT2D eigenvalue weighted by molar-refractivity contribution is -0.137. The molecule has 0 spiro atoms. The number of unbranched alkanes of at least 4 members (excludes halogenated alkanes) is 1. The Hall–Kier alpha value is -1.08. The maximum absolute atomic E-state index is 10.2. The second kappa shape index (κ2) is 8.52. The van der Waals surface area contributed by atoms with E-state index in [1.807, 2.05) is 0 Å². The van der Waals surface area contributed by atoms with Gasteiger partial charge in [0, 0.05) is 19.4 Å². The number of carbonyl (C=O) groups is 1. The fourth-order valence-electron chi connectivity index (χ4n) is 1.25. The van der Waals surface area contributed by atoms with Gasteiger partial charge >= 0.3 is 5.97 Å². The molecule has 4 nitrogen and oxygen atoms in total. The van der Waals surface area contributed by atoms with E-state index in [4.69, 9.17) is 10.4 Å². The third-order valence-corrected chi connectivity index (χ3v) is 2.10. The van der Waals surface area contributed by atoms with Crippen molar-refractivity contribution in [1.29, 1.82) is 5.26 Å². The molecule has 0 rings (SSSR count). The van der Waals surface area contributed by atoms with E-state index in [2.05, 4.69) is 17.9 Å². The first kappa shape index (κ1) is 12.9. The molecule has 0 bridgehead atoms. The largest absolute Gasteiger partial charge is 0.481 e. The van der Waals surface area contributed by atoms with Gasteiger partial charge in [-0.15, -0.1) is 0 Å². The Morgan fingerprint density at radius 2 is 2.14 bits per heavy atom. The molecule has 0 aromatic carbocycles. The molecule has 4 heteroatoms. The molecule has 0 heterocycles. The normalized spacial score (nSPS) is 10.1. The van der Waals surface area contributed by atoms with Gasteiger partial charge in [0.25, 0.3) is 0 Å². The van der Waals surface area contributed by atoms with Crippen molar-refractivity contribution in [2.75, 3.05) is 19.6 Å². The predicted octanol–water partition coefficient (Wildman–Crippen LogP) is 1.48. The first-order chi connectivity index (χ1) is 6.70. The molecule has 0 aromatic rings. The first-order valence-electron chi connectivity index (χ1n) is 5.01. The monoisotopic (exact) mass is 198 g/mol. The number of nitrogens with zero attached hydrogens (tertiary/aromatic N) is 2. The Labute approximate surface area is 85.1 Å². The van der Waals surface area contributed by atoms with Crippen molar-refractivity contribution in [3.8, 4) is 6.07 Å². The highest BCUT2D eigenvalue weighted by Crippen LogP contribution is 1.99. The Morgan fingerprint density at radius 1 is 1.43 bits per heavy atom. The van der Waals surface area contributed by atoms with E-state index in [1.54, 1.807) is 0 Å². The average molecular weight is 198 g/mol. The summed E-state index contributed by atoms with van der Waals surface area (Å²) in [5.74, 6) is -0.731. The van der Waals surface area contributed by atoms with Gasteiger partial charge in [0.15, 0.2) is 0 Å². The highest BCUT2D eigenvalue weighted by molar-refractivity contribution is 5.66. The van der Waals surface area contributed by atoms with E-state index in [0.717, 1.165) is 32.5 Å². The molecule has 0 amide bonds. The highest BCUT2D eigenvalue weighted by atomic mass is 16.4. The molecule has 0 unspecified atom stereocenters. The molecule has 1 N–H and O–H groups in total. The van der Waals surface area contributed by atoms with Crippen LogP contribution in [0.3, 0.4) is 0 Å². The second-order valence-corrected chi connectivity index (χ2v) is 3.19. The Morgan fingerprint density at radius 3 is 2.64 bits per heavy atom. The third-order valence-electron chi connectivity index (χ3n) is 2.10. The summed E-state index contributed by atoms with van der Waals surface area (Å²) in [5, 5.41) is 16.8. The minimum absolute atomic E-state index is 0.246. The Balaban J connectivity index is 3.43. The van der Waals surface area contributed by atoms with Crippen LogP contribution < -0.4 is 0 Å². The van der Waals surface area contributed by atoms with Crippen molar-refractivity contribution < 1.29 is 9.90 Å². The average Bonchev–Trinajstić information content (AvgIpc) is 2.16. The zero-order valence-electron chi connectivity index (χ0n) is 8.70. The van der Waals surface area contributed by atoms with Crippen molar-refractivity contribution in [2.45, 2.75) is 32.6 Å². The van der Waals surface area contributed by atoms with Crippen LogP contribution in [-0.4, -0.2) is 35.6 Å². The summed E-state index contributed by atoms with van der Waals surface area (Å²) < 4.78 is 0. The molecule has 14 heavy (non-hydrogen) atoms. The van der Waals surface area contributed by atoms with E-state index in [1.165, 1.54) is 0 Å². The first-order valence-corrected chi connectivity index (χ1v) is 5.01. The zero-order chi connectivity index (χ0) is 10.8. The summed E-state index contributed by atoms with van der Waals surface area (Å²) in [6.07, 6.45) is 2.41. The van der Waals surface area contributed by atoms with Gasteiger partial charge in [-0.3, -0.25) is 4.79 Å². The molecule has 0 aromatic heterocycles. The Kier molecular flexibility index (Phi) is 7.86. The number of carboxylic acid groups (broad SMARTS) is 1. The van der Waals surface area contributed by atoms with Crippen LogP contribution in [0.2, 0.25) is 0 Å². The van der Waals surface area contributed by atoms with Gasteiger partial charge < -0.3 is 10.0 Å².